The van der Waals surface area contributed by atoms with E-state index in [2.05, 4.69) is 20.0 Å². The minimum atomic E-state index is -4.76. The number of rotatable bonds is 4. The van der Waals surface area contributed by atoms with Crippen LogP contribution in [0.2, 0.25) is 0 Å². The minimum Gasteiger partial charge on any atom is -0.358 e. The Morgan fingerprint density at radius 3 is 2.38 bits per heavy atom. The van der Waals surface area contributed by atoms with Crippen LogP contribution in [0.15, 0.2) is 28.8 Å². The number of hydrogen-bond donors (Lipinski definition) is 1. The highest BCUT2D eigenvalue weighted by Crippen LogP contribution is 2.29. The maximum atomic E-state index is 12.4. The molecule has 24 heavy (non-hydrogen) atoms. The van der Waals surface area contributed by atoms with E-state index in [9.17, 15) is 22.8 Å². The molecule has 0 aliphatic rings. The average molecular weight is 338 g/mol. The molecule has 1 atom stereocenters. The lowest BCUT2D eigenvalue weighted by Gasteiger charge is -2.06. The van der Waals surface area contributed by atoms with Gasteiger partial charge in [0.25, 0.3) is 0 Å². The Hall–Kier alpha value is -3.22. The standard InChI is InChI=1S/C14H9F3N4O3/c1-19-12(23)9(6-18)10(22)7-2-4-8(5-3-7)11-20-13(24-21-11)14(15,16)17/h2-5,9H,1H3,(H,19,23)/t9-/m1/s1. The molecule has 2 aromatic rings. The zero-order chi connectivity index (χ0) is 17.9. The van der Waals surface area contributed by atoms with Gasteiger partial charge >= 0.3 is 12.1 Å². The first kappa shape index (κ1) is 17.1. The zero-order valence-electron chi connectivity index (χ0n) is 12.1. The van der Waals surface area contributed by atoms with Crippen LogP contribution < -0.4 is 5.32 Å². The molecule has 0 spiro atoms. The summed E-state index contributed by atoms with van der Waals surface area (Å²) in [5.41, 5.74) is 0.229. The number of aromatic nitrogens is 2. The van der Waals surface area contributed by atoms with Gasteiger partial charge < -0.3 is 9.84 Å². The Balaban J connectivity index is 2.25. The van der Waals surface area contributed by atoms with E-state index in [1.54, 1.807) is 6.07 Å². The quantitative estimate of drug-likeness (QED) is 0.673. The molecule has 0 radical (unpaired) electrons. The summed E-state index contributed by atoms with van der Waals surface area (Å²) < 4.78 is 41.4. The summed E-state index contributed by atoms with van der Waals surface area (Å²) in [6.45, 7) is 0. The lowest BCUT2D eigenvalue weighted by molar-refractivity contribution is -0.159. The van der Waals surface area contributed by atoms with Crippen molar-refractivity contribution in [3.63, 3.8) is 0 Å². The Morgan fingerprint density at radius 1 is 1.29 bits per heavy atom. The van der Waals surface area contributed by atoms with E-state index < -0.39 is 29.7 Å². The van der Waals surface area contributed by atoms with Gasteiger partial charge in [-0.2, -0.15) is 23.4 Å². The fourth-order valence-corrected chi connectivity index (χ4v) is 1.79. The molecule has 0 fully saturated rings. The Kier molecular flexibility index (Phi) is 4.64. The summed E-state index contributed by atoms with van der Waals surface area (Å²) in [7, 11) is 1.29. The highest BCUT2D eigenvalue weighted by atomic mass is 19.4. The molecule has 0 saturated heterocycles. The minimum absolute atomic E-state index is 0.0495. The van der Waals surface area contributed by atoms with E-state index in [1.807, 2.05) is 0 Å². The van der Waals surface area contributed by atoms with E-state index in [4.69, 9.17) is 5.26 Å². The first-order valence-electron chi connectivity index (χ1n) is 6.44. The fraction of sp³-hybridized carbons (Fsp3) is 0.214. The van der Waals surface area contributed by atoms with Crippen molar-refractivity contribution in [3.05, 3.63) is 35.7 Å². The van der Waals surface area contributed by atoms with Gasteiger partial charge in [0, 0.05) is 18.2 Å². The molecule has 7 nitrogen and oxygen atoms in total. The molecule has 0 aliphatic heterocycles. The second-order valence-corrected chi connectivity index (χ2v) is 4.54. The van der Waals surface area contributed by atoms with Crippen molar-refractivity contribution in [2.24, 2.45) is 5.92 Å². The topological polar surface area (TPSA) is 109 Å². The largest absolute Gasteiger partial charge is 0.471 e. The molecule has 1 N–H and O–H groups in total. The van der Waals surface area contributed by atoms with Crippen molar-refractivity contribution >= 4 is 11.7 Å². The van der Waals surface area contributed by atoms with Crippen molar-refractivity contribution < 1.29 is 27.3 Å². The highest BCUT2D eigenvalue weighted by Gasteiger charge is 2.38. The van der Waals surface area contributed by atoms with Gasteiger partial charge in [-0.05, 0) is 0 Å². The third-order valence-corrected chi connectivity index (χ3v) is 3.00. The Morgan fingerprint density at radius 2 is 1.92 bits per heavy atom. The maximum absolute atomic E-state index is 12.4. The number of carbonyl (C=O) groups excluding carboxylic acids is 2. The molecule has 1 aromatic heterocycles. The number of Topliss-reactive ketones (excluding diaryl/α,β-unsaturated/α-hetero) is 1. The second kappa shape index (κ2) is 6.49. The van der Waals surface area contributed by atoms with E-state index >= 15 is 0 Å². The van der Waals surface area contributed by atoms with Crippen LogP contribution in [0, 0.1) is 17.2 Å². The monoisotopic (exact) mass is 338 g/mol. The van der Waals surface area contributed by atoms with E-state index in [0.717, 1.165) is 0 Å². The molecule has 2 rings (SSSR count). The third-order valence-electron chi connectivity index (χ3n) is 3.00. The number of amides is 1. The van der Waals surface area contributed by atoms with Crippen LogP contribution in [0.1, 0.15) is 16.2 Å². The number of halogens is 3. The number of benzene rings is 1. The van der Waals surface area contributed by atoms with Gasteiger partial charge in [0.15, 0.2) is 11.7 Å². The molecule has 0 aliphatic carbocycles. The molecule has 1 heterocycles. The first-order chi connectivity index (χ1) is 11.3. The van der Waals surface area contributed by atoms with Crippen LogP contribution in [0.4, 0.5) is 13.2 Å². The van der Waals surface area contributed by atoms with Crippen molar-refractivity contribution in [2.45, 2.75) is 6.18 Å². The predicted molar refractivity (Wildman–Crippen MR) is 72.2 cm³/mol. The number of carbonyl (C=O) groups is 2. The summed E-state index contributed by atoms with van der Waals surface area (Å²) in [4.78, 5) is 26.7. The summed E-state index contributed by atoms with van der Waals surface area (Å²) >= 11 is 0. The normalized spacial score (nSPS) is 12.3. The van der Waals surface area contributed by atoms with Crippen LogP contribution in [-0.4, -0.2) is 28.9 Å². The van der Waals surface area contributed by atoms with Crippen LogP contribution in [-0.2, 0) is 11.0 Å². The highest BCUT2D eigenvalue weighted by molar-refractivity contribution is 6.12. The van der Waals surface area contributed by atoms with Crippen LogP contribution in [0.5, 0.6) is 0 Å². The van der Waals surface area contributed by atoms with E-state index in [-0.39, 0.29) is 17.0 Å². The van der Waals surface area contributed by atoms with Gasteiger partial charge in [-0.1, -0.05) is 29.4 Å². The smallest absolute Gasteiger partial charge is 0.358 e. The molecular formula is C14H9F3N4O3. The fourth-order valence-electron chi connectivity index (χ4n) is 1.79. The average Bonchev–Trinajstić information content (AvgIpc) is 3.05. The number of nitrogens with zero attached hydrogens (tertiary/aromatic N) is 3. The van der Waals surface area contributed by atoms with Gasteiger partial charge in [0.05, 0.1) is 6.07 Å². The van der Waals surface area contributed by atoms with Crippen molar-refractivity contribution in [3.8, 4) is 17.5 Å². The summed E-state index contributed by atoms with van der Waals surface area (Å²) in [5, 5.41) is 14.3. The predicted octanol–water partition coefficient (Wildman–Crippen LogP) is 1.82. The molecule has 124 valence electrons. The number of nitriles is 1. The summed E-state index contributed by atoms with van der Waals surface area (Å²) in [5.74, 6) is -4.78. The summed E-state index contributed by atoms with van der Waals surface area (Å²) in [6, 6.07) is 6.68. The number of alkyl halides is 3. The first-order valence-corrected chi connectivity index (χ1v) is 6.44. The van der Waals surface area contributed by atoms with Gasteiger partial charge in [0.2, 0.25) is 11.7 Å². The number of ketones is 1. The lowest BCUT2D eigenvalue weighted by atomic mass is 9.97. The molecule has 1 amide bonds. The van der Waals surface area contributed by atoms with E-state index in [1.165, 1.54) is 31.3 Å². The van der Waals surface area contributed by atoms with E-state index in [0.29, 0.717) is 0 Å². The number of nitrogens with one attached hydrogen (secondary N) is 1. The van der Waals surface area contributed by atoms with Gasteiger partial charge in [-0.25, -0.2) is 0 Å². The molecule has 0 saturated carbocycles. The van der Waals surface area contributed by atoms with Crippen LogP contribution >= 0.6 is 0 Å². The van der Waals surface area contributed by atoms with Crippen molar-refractivity contribution in [1.82, 2.24) is 15.5 Å². The Labute approximate surface area is 133 Å². The van der Waals surface area contributed by atoms with Gasteiger partial charge in [0.1, 0.15) is 0 Å². The molecule has 1 aromatic carbocycles. The maximum Gasteiger partial charge on any atom is 0.471 e. The third kappa shape index (κ3) is 3.40. The van der Waals surface area contributed by atoms with Crippen molar-refractivity contribution in [2.75, 3.05) is 7.05 Å². The van der Waals surface area contributed by atoms with Gasteiger partial charge in [-0.3, -0.25) is 9.59 Å². The van der Waals surface area contributed by atoms with Gasteiger partial charge in [-0.15, -0.1) is 0 Å². The molecule has 0 unspecified atom stereocenters. The molecule has 10 heteroatoms. The SMILES string of the molecule is CNC(=O)[C@H](C#N)C(=O)c1ccc(-c2noc(C(F)(F)F)n2)cc1. The zero-order valence-corrected chi connectivity index (χ0v) is 12.1. The second-order valence-electron chi connectivity index (χ2n) is 4.54. The van der Waals surface area contributed by atoms with Crippen LogP contribution in [0.25, 0.3) is 11.4 Å². The molecule has 0 bridgehead atoms. The van der Waals surface area contributed by atoms with Crippen LogP contribution in [0.3, 0.4) is 0 Å². The Bertz CT molecular complexity index is 806. The van der Waals surface area contributed by atoms with Crippen molar-refractivity contribution in [1.29, 1.82) is 5.26 Å². The molecular weight excluding hydrogens is 329 g/mol. The summed E-state index contributed by atoms with van der Waals surface area (Å²) in [6.07, 6.45) is -4.76. The lowest BCUT2D eigenvalue weighted by Crippen LogP contribution is -2.32. The number of hydrogen-bond acceptors (Lipinski definition) is 6.